The lowest BCUT2D eigenvalue weighted by atomic mass is 10.2. The number of hydrogen-bond acceptors (Lipinski definition) is 6. The number of carbonyl (C=O) groups is 1. The molecule has 0 aliphatic carbocycles. The van der Waals surface area contributed by atoms with Gasteiger partial charge in [-0.05, 0) is 13.0 Å². The molecule has 1 aromatic rings. The number of carbonyl (C=O) groups excluding carboxylic acids is 1. The van der Waals surface area contributed by atoms with Crippen molar-refractivity contribution in [3.63, 3.8) is 0 Å². The Hall–Kier alpha value is -1.82. The molecule has 0 aliphatic rings. The minimum atomic E-state index is -0.517. The van der Waals surface area contributed by atoms with Crippen molar-refractivity contribution >= 4 is 11.7 Å². The second kappa shape index (κ2) is 5.92. The van der Waals surface area contributed by atoms with E-state index in [0.717, 1.165) is 0 Å². The first kappa shape index (κ1) is 12.3. The van der Waals surface area contributed by atoms with Gasteiger partial charge in [0.05, 0.1) is 18.8 Å². The summed E-state index contributed by atoms with van der Waals surface area (Å²) in [6, 6.07) is 1.46. The van der Waals surface area contributed by atoms with E-state index in [0.29, 0.717) is 0 Å². The average Bonchev–Trinajstić information content (AvgIpc) is 2.28. The summed E-state index contributed by atoms with van der Waals surface area (Å²) in [5.41, 5.74) is 6.02. The Labute approximate surface area is 93.0 Å². The van der Waals surface area contributed by atoms with Crippen molar-refractivity contribution in [2.75, 3.05) is 25.6 Å². The van der Waals surface area contributed by atoms with E-state index in [4.69, 9.17) is 20.3 Å². The van der Waals surface area contributed by atoms with Crippen LogP contribution in [0.5, 0.6) is 5.88 Å². The Kier molecular flexibility index (Phi) is 4.53. The van der Waals surface area contributed by atoms with Gasteiger partial charge in [-0.25, -0.2) is 9.78 Å². The summed E-state index contributed by atoms with van der Waals surface area (Å²) in [5, 5.41) is 8.60. The molecule has 16 heavy (non-hydrogen) atoms. The molecule has 0 saturated carbocycles. The van der Waals surface area contributed by atoms with E-state index in [-0.39, 0.29) is 37.0 Å². The van der Waals surface area contributed by atoms with Gasteiger partial charge in [-0.2, -0.15) is 0 Å². The Morgan fingerprint density at radius 2 is 2.38 bits per heavy atom. The van der Waals surface area contributed by atoms with Crippen LogP contribution in [0.2, 0.25) is 0 Å². The minimum absolute atomic E-state index is 0.0729. The SMILES string of the molecule is CCOC(=O)c1ccnc(OCCO)c1N. The Balaban J connectivity index is 2.89. The maximum atomic E-state index is 11.5. The highest BCUT2D eigenvalue weighted by Crippen LogP contribution is 2.22. The molecule has 1 heterocycles. The van der Waals surface area contributed by atoms with Gasteiger partial charge in [-0.3, -0.25) is 0 Å². The van der Waals surface area contributed by atoms with Crippen LogP contribution in [0.15, 0.2) is 12.3 Å². The number of aromatic nitrogens is 1. The highest BCUT2D eigenvalue weighted by molar-refractivity contribution is 5.96. The molecule has 88 valence electrons. The predicted octanol–water partition coefficient (Wildman–Crippen LogP) is 0.212. The van der Waals surface area contributed by atoms with E-state index in [1.54, 1.807) is 6.92 Å². The summed E-state index contributed by atoms with van der Waals surface area (Å²) in [5.74, 6) is -0.393. The second-order valence-corrected chi connectivity index (χ2v) is 2.87. The van der Waals surface area contributed by atoms with Crippen molar-refractivity contribution < 1.29 is 19.4 Å². The molecule has 0 bridgehead atoms. The van der Waals surface area contributed by atoms with E-state index in [9.17, 15) is 4.79 Å². The van der Waals surface area contributed by atoms with E-state index < -0.39 is 5.97 Å². The van der Waals surface area contributed by atoms with Gasteiger partial charge in [0.15, 0.2) is 0 Å². The first-order valence-corrected chi connectivity index (χ1v) is 4.86. The number of nitrogens with two attached hydrogens (primary N) is 1. The van der Waals surface area contributed by atoms with Gasteiger partial charge in [-0.1, -0.05) is 0 Å². The van der Waals surface area contributed by atoms with Crippen molar-refractivity contribution in [1.29, 1.82) is 0 Å². The highest BCUT2D eigenvalue weighted by Gasteiger charge is 2.15. The van der Waals surface area contributed by atoms with Gasteiger partial charge in [0, 0.05) is 6.20 Å². The summed E-state index contributed by atoms with van der Waals surface area (Å²) in [6.45, 7) is 1.90. The summed E-state index contributed by atoms with van der Waals surface area (Å²) in [4.78, 5) is 15.3. The third-order valence-electron chi connectivity index (χ3n) is 1.78. The average molecular weight is 226 g/mol. The van der Waals surface area contributed by atoms with Gasteiger partial charge < -0.3 is 20.3 Å². The molecular weight excluding hydrogens is 212 g/mol. The summed E-state index contributed by atoms with van der Waals surface area (Å²) >= 11 is 0. The molecule has 0 spiro atoms. The molecule has 6 nitrogen and oxygen atoms in total. The lowest BCUT2D eigenvalue weighted by Crippen LogP contribution is -2.11. The Bertz CT molecular complexity index is 368. The topological polar surface area (TPSA) is 94.7 Å². The maximum Gasteiger partial charge on any atom is 0.340 e. The van der Waals surface area contributed by atoms with Crippen LogP contribution in [-0.2, 0) is 4.74 Å². The van der Waals surface area contributed by atoms with E-state index >= 15 is 0 Å². The third-order valence-corrected chi connectivity index (χ3v) is 1.78. The molecule has 1 aromatic heterocycles. The van der Waals surface area contributed by atoms with Gasteiger partial charge in [0.2, 0.25) is 5.88 Å². The number of anilines is 1. The molecule has 3 N–H and O–H groups in total. The fourth-order valence-corrected chi connectivity index (χ4v) is 1.10. The van der Waals surface area contributed by atoms with E-state index in [2.05, 4.69) is 4.98 Å². The zero-order chi connectivity index (χ0) is 12.0. The molecule has 0 saturated heterocycles. The number of aliphatic hydroxyl groups excluding tert-OH is 1. The van der Waals surface area contributed by atoms with Crippen molar-refractivity contribution in [3.8, 4) is 5.88 Å². The number of nitrogens with zero attached hydrogens (tertiary/aromatic N) is 1. The van der Waals surface area contributed by atoms with Crippen molar-refractivity contribution in [1.82, 2.24) is 4.98 Å². The fraction of sp³-hybridized carbons (Fsp3) is 0.400. The van der Waals surface area contributed by atoms with Crippen LogP contribution in [-0.4, -0.2) is 35.9 Å². The van der Waals surface area contributed by atoms with Gasteiger partial charge in [0.25, 0.3) is 0 Å². The van der Waals surface area contributed by atoms with Crippen LogP contribution >= 0.6 is 0 Å². The van der Waals surface area contributed by atoms with Crippen LogP contribution in [0.1, 0.15) is 17.3 Å². The van der Waals surface area contributed by atoms with Crippen LogP contribution in [0.25, 0.3) is 0 Å². The molecule has 1 rings (SSSR count). The summed E-state index contributed by atoms with van der Waals surface area (Å²) < 4.78 is 9.88. The maximum absolute atomic E-state index is 11.5. The molecule has 0 amide bonds. The van der Waals surface area contributed by atoms with Crippen LogP contribution in [0.4, 0.5) is 5.69 Å². The minimum Gasteiger partial charge on any atom is -0.474 e. The van der Waals surface area contributed by atoms with Crippen molar-refractivity contribution in [2.24, 2.45) is 0 Å². The summed E-state index contributed by atoms with van der Waals surface area (Å²) in [7, 11) is 0. The molecule has 0 aliphatic heterocycles. The smallest absolute Gasteiger partial charge is 0.340 e. The number of aliphatic hydroxyl groups is 1. The predicted molar refractivity (Wildman–Crippen MR) is 57.2 cm³/mol. The highest BCUT2D eigenvalue weighted by atomic mass is 16.5. The largest absolute Gasteiger partial charge is 0.474 e. The molecular formula is C10H14N2O4. The number of hydrogen-bond donors (Lipinski definition) is 2. The van der Waals surface area contributed by atoms with E-state index in [1.807, 2.05) is 0 Å². The molecule has 0 atom stereocenters. The first-order valence-electron chi connectivity index (χ1n) is 4.86. The van der Waals surface area contributed by atoms with E-state index in [1.165, 1.54) is 12.3 Å². The number of nitrogen functional groups attached to an aromatic ring is 1. The first-order chi connectivity index (χ1) is 7.70. The van der Waals surface area contributed by atoms with Gasteiger partial charge in [0.1, 0.15) is 12.3 Å². The van der Waals surface area contributed by atoms with Gasteiger partial charge >= 0.3 is 5.97 Å². The zero-order valence-corrected chi connectivity index (χ0v) is 8.97. The lowest BCUT2D eigenvalue weighted by molar-refractivity contribution is 0.0527. The van der Waals surface area contributed by atoms with Crippen LogP contribution in [0.3, 0.4) is 0 Å². The molecule has 0 radical (unpaired) electrons. The molecule has 0 fully saturated rings. The standard InChI is InChI=1S/C10H14N2O4/c1-2-15-10(14)7-3-4-12-9(8(7)11)16-6-5-13/h3-4,13H,2,5-6,11H2,1H3. The van der Waals surface area contributed by atoms with Crippen molar-refractivity contribution in [2.45, 2.75) is 6.92 Å². The lowest BCUT2D eigenvalue weighted by Gasteiger charge is -2.09. The Morgan fingerprint density at radius 3 is 3.00 bits per heavy atom. The normalized spacial score (nSPS) is 9.88. The number of ether oxygens (including phenoxy) is 2. The molecule has 0 unspecified atom stereocenters. The Morgan fingerprint density at radius 1 is 1.62 bits per heavy atom. The summed E-state index contributed by atoms with van der Waals surface area (Å²) in [6.07, 6.45) is 1.40. The zero-order valence-electron chi connectivity index (χ0n) is 8.97. The number of esters is 1. The fourth-order valence-electron chi connectivity index (χ4n) is 1.10. The van der Waals surface area contributed by atoms with Crippen molar-refractivity contribution in [3.05, 3.63) is 17.8 Å². The van der Waals surface area contributed by atoms with Gasteiger partial charge in [-0.15, -0.1) is 0 Å². The molecule has 0 aromatic carbocycles. The monoisotopic (exact) mass is 226 g/mol. The van der Waals surface area contributed by atoms with Crippen LogP contribution in [0, 0.1) is 0 Å². The van der Waals surface area contributed by atoms with Crippen LogP contribution < -0.4 is 10.5 Å². The third kappa shape index (κ3) is 2.83. The molecule has 6 heteroatoms. The number of pyridine rings is 1. The quantitative estimate of drug-likeness (QED) is 0.697. The number of rotatable bonds is 5. The second-order valence-electron chi connectivity index (χ2n) is 2.87.